The normalized spacial score (nSPS) is 18.5. The molecule has 0 amide bonds. The third-order valence-corrected chi connectivity index (χ3v) is 3.39. The molecule has 0 aliphatic carbocycles. The smallest absolute Gasteiger partial charge is 0.180 e. The van der Waals surface area contributed by atoms with Gasteiger partial charge in [-0.1, -0.05) is 11.6 Å². The minimum atomic E-state index is -0.140. The van der Waals surface area contributed by atoms with Gasteiger partial charge in [0.1, 0.15) is 0 Å². The summed E-state index contributed by atoms with van der Waals surface area (Å²) in [7, 11) is 0. The summed E-state index contributed by atoms with van der Waals surface area (Å²) >= 11 is 6.37. The topological polar surface area (TPSA) is 30.3 Å². The van der Waals surface area contributed by atoms with Crippen LogP contribution in [0.15, 0.2) is 18.2 Å². The first-order valence-corrected chi connectivity index (χ1v) is 5.88. The van der Waals surface area contributed by atoms with Crippen LogP contribution in [0.5, 0.6) is 0 Å². The SMILES string of the molecule is CCN1c2ccc(C#N)cc2N(CC)C1Cl. The van der Waals surface area contributed by atoms with Crippen molar-refractivity contribution < 1.29 is 0 Å². The van der Waals surface area contributed by atoms with Gasteiger partial charge in [-0.15, -0.1) is 0 Å². The third-order valence-electron chi connectivity index (χ3n) is 2.92. The van der Waals surface area contributed by atoms with Crippen LogP contribution >= 0.6 is 11.6 Å². The maximum atomic E-state index is 8.90. The molecular formula is C12H14ClN3. The highest BCUT2D eigenvalue weighted by molar-refractivity contribution is 6.24. The lowest BCUT2D eigenvalue weighted by atomic mass is 10.2. The lowest BCUT2D eigenvalue weighted by molar-refractivity contribution is 0.747. The Labute approximate surface area is 101 Å². The van der Waals surface area contributed by atoms with E-state index in [-0.39, 0.29) is 5.62 Å². The van der Waals surface area contributed by atoms with E-state index in [1.54, 1.807) is 0 Å². The standard InChI is InChI=1S/C12H14ClN3/c1-3-15-10-6-5-9(8-14)7-11(10)16(4-2)12(15)13/h5-7,12H,3-4H2,1-2H3. The summed E-state index contributed by atoms with van der Waals surface area (Å²) in [4.78, 5) is 4.22. The molecule has 0 N–H and O–H groups in total. The summed E-state index contributed by atoms with van der Waals surface area (Å²) in [5, 5.41) is 8.90. The molecule has 1 heterocycles. The van der Waals surface area contributed by atoms with E-state index in [9.17, 15) is 0 Å². The number of halogens is 1. The van der Waals surface area contributed by atoms with E-state index < -0.39 is 0 Å². The van der Waals surface area contributed by atoms with Crippen LogP contribution in [0.4, 0.5) is 11.4 Å². The van der Waals surface area contributed by atoms with Gasteiger partial charge < -0.3 is 9.80 Å². The molecule has 1 aromatic rings. The fourth-order valence-electron chi connectivity index (χ4n) is 2.11. The number of hydrogen-bond acceptors (Lipinski definition) is 3. The van der Waals surface area contributed by atoms with Crippen molar-refractivity contribution >= 4 is 23.0 Å². The number of benzene rings is 1. The molecule has 0 bridgehead atoms. The van der Waals surface area contributed by atoms with E-state index in [1.165, 1.54) is 0 Å². The zero-order valence-electron chi connectivity index (χ0n) is 9.44. The van der Waals surface area contributed by atoms with Crippen molar-refractivity contribution in [2.75, 3.05) is 22.9 Å². The van der Waals surface area contributed by atoms with Gasteiger partial charge in [0, 0.05) is 13.1 Å². The van der Waals surface area contributed by atoms with Gasteiger partial charge in [-0.3, -0.25) is 0 Å². The molecule has 0 saturated heterocycles. The van der Waals surface area contributed by atoms with Gasteiger partial charge in [0.05, 0.1) is 23.0 Å². The number of rotatable bonds is 2. The van der Waals surface area contributed by atoms with Crippen LogP contribution in [0.3, 0.4) is 0 Å². The Bertz CT molecular complexity index is 438. The predicted octanol–water partition coefficient (Wildman–Crippen LogP) is 2.75. The second-order valence-corrected chi connectivity index (χ2v) is 4.09. The predicted molar refractivity (Wildman–Crippen MR) is 66.8 cm³/mol. The van der Waals surface area contributed by atoms with E-state index in [0.717, 1.165) is 24.5 Å². The van der Waals surface area contributed by atoms with Crippen LogP contribution in [0.1, 0.15) is 19.4 Å². The summed E-state index contributed by atoms with van der Waals surface area (Å²) in [6.45, 7) is 5.85. The zero-order valence-corrected chi connectivity index (χ0v) is 10.2. The molecule has 1 aromatic carbocycles. The monoisotopic (exact) mass is 235 g/mol. The Kier molecular flexibility index (Phi) is 2.93. The van der Waals surface area contributed by atoms with Gasteiger partial charge in [0.15, 0.2) is 5.62 Å². The van der Waals surface area contributed by atoms with Gasteiger partial charge in [0.2, 0.25) is 0 Å². The van der Waals surface area contributed by atoms with E-state index in [1.807, 2.05) is 18.2 Å². The number of alkyl halides is 1. The second kappa shape index (κ2) is 4.23. The number of anilines is 2. The number of fused-ring (bicyclic) bond motifs is 1. The van der Waals surface area contributed by atoms with Crippen molar-refractivity contribution in [3.8, 4) is 6.07 Å². The molecular weight excluding hydrogens is 222 g/mol. The van der Waals surface area contributed by atoms with Gasteiger partial charge >= 0.3 is 0 Å². The summed E-state index contributed by atoms with van der Waals surface area (Å²) in [6.07, 6.45) is 0. The van der Waals surface area contributed by atoms with Crippen LogP contribution in [-0.4, -0.2) is 18.7 Å². The van der Waals surface area contributed by atoms with Crippen LogP contribution in [0, 0.1) is 11.3 Å². The van der Waals surface area contributed by atoms with Gasteiger partial charge in [-0.25, -0.2) is 0 Å². The van der Waals surface area contributed by atoms with Gasteiger partial charge in [0.25, 0.3) is 0 Å². The van der Waals surface area contributed by atoms with E-state index >= 15 is 0 Å². The Morgan fingerprint density at radius 1 is 1.25 bits per heavy atom. The molecule has 84 valence electrons. The molecule has 0 radical (unpaired) electrons. The first-order valence-electron chi connectivity index (χ1n) is 5.44. The average Bonchev–Trinajstić information content (AvgIpc) is 2.59. The largest absolute Gasteiger partial charge is 0.337 e. The lowest BCUT2D eigenvalue weighted by Crippen LogP contribution is -2.38. The molecule has 1 aliphatic rings. The fraction of sp³-hybridized carbons (Fsp3) is 0.417. The Morgan fingerprint density at radius 2 is 1.88 bits per heavy atom. The van der Waals surface area contributed by atoms with Crippen molar-refractivity contribution in [3.63, 3.8) is 0 Å². The third kappa shape index (κ3) is 1.50. The van der Waals surface area contributed by atoms with Crippen molar-refractivity contribution in [2.45, 2.75) is 19.5 Å². The molecule has 0 fully saturated rings. The first-order chi connectivity index (χ1) is 7.72. The Morgan fingerprint density at radius 3 is 2.44 bits per heavy atom. The van der Waals surface area contributed by atoms with Crippen LogP contribution in [-0.2, 0) is 0 Å². The molecule has 1 atom stereocenters. The minimum Gasteiger partial charge on any atom is -0.337 e. The van der Waals surface area contributed by atoms with Crippen molar-refractivity contribution in [2.24, 2.45) is 0 Å². The minimum absolute atomic E-state index is 0.140. The molecule has 0 aromatic heterocycles. The molecule has 0 spiro atoms. The number of hydrogen-bond donors (Lipinski definition) is 0. The maximum absolute atomic E-state index is 8.90. The van der Waals surface area contributed by atoms with Crippen LogP contribution in [0.2, 0.25) is 0 Å². The van der Waals surface area contributed by atoms with Crippen molar-refractivity contribution in [3.05, 3.63) is 23.8 Å². The summed E-state index contributed by atoms with van der Waals surface area (Å²) in [5.74, 6) is 0. The molecule has 16 heavy (non-hydrogen) atoms. The average molecular weight is 236 g/mol. The second-order valence-electron chi connectivity index (χ2n) is 3.70. The molecule has 1 aliphatic heterocycles. The summed E-state index contributed by atoms with van der Waals surface area (Å²) in [6, 6.07) is 7.88. The van der Waals surface area contributed by atoms with Crippen LogP contribution in [0.25, 0.3) is 0 Å². The lowest BCUT2D eigenvalue weighted by Gasteiger charge is -2.25. The molecule has 0 saturated carbocycles. The quantitative estimate of drug-likeness (QED) is 0.583. The Balaban J connectivity index is 2.51. The van der Waals surface area contributed by atoms with Crippen LogP contribution < -0.4 is 9.80 Å². The summed E-state index contributed by atoms with van der Waals surface area (Å²) in [5.41, 5.74) is 2.71. The zero-order chi connectivity index (χ0) is 11.7. The highest BCUT2D eigenvalue weighted by Gasteiger charge is 2.32. The van der Waals surface area contributed by atoms with Crippen molar-refractivity contribution in [1.82, 2.24) is 0 Å². The number of nitrogens with zero attached hydrogens (tertiary/aromatic N) is 3. The van der Waals surface area contributed by atoms with E-state index in [0.29, 0.717) is 5.56 Å². The molecule has 1 unspecified atom stereocenters. The molecule has 2 rings (SSSR count). The fourth-order valence-corrected chi connectivity index (χ4v) is 2.59. The number of nitriles is 1. The van der Waals surface area contributed by atoms with E-state index in [2.05, 4.69) is 29.7 Å². The Hall–Kier alpha value is -1.40. The molecule has 3 nitrogen and oxygen atoms in total. The van der Waals surface area contributed by atoms with Gasteiger partial charge in [-0.2, -0.15) is 5.26 Å². The highest BCUT2D eigenvalue weighted by atomic mass is 35.5. The first kappa shape index (κ1) is 11.1. The highest BCUT2D eigenvalue weighted by Crippen LogP contribution is 2.40. The molecule has 4 heteroatoms. The van der Waals surface area contributed by atoms with Crippen molar-refractivity contribution in [1.29, 1.82) is 5.26 Å². The van der Waals surface area contributed by atoms with Gasteiger partial charge in [-0.05, 0) is 32.0 Å². The maximum Gasteiger partial charge on any atom is 0.180 e. The summed E-state index contributed by atoms with van der Waals surface area (Å²) < 4.78 is 0. The van der Waals surface area contributed by atoms with E-state index in [4.69, 9.17) is 16.9 Å².